The summed E-state index contributed by atoms with van der Waals surface area (Å²) in [6.07, 6.45) is 2.39. The zero-order valence-electron chi connectivity index (χ0n) is 14.7. The van der Waals surface area contributed by atoms with Crippen molar-refractivity contribution in [3.63, 3.8) is 0 Å². The molecule has 1 aliphatic carbocycles. The minimum Gasteiger partial charge on any atom is -0.352 e. The summed E-state index contributed by atoms with van der Waals surface area (Å²) < 4.78 is 0. The molecule has 126 valence electrons. The molecule has 1 heterocycles. The number of piperidine rings is 1. The third-order valence-corrected chi connectivity index (χ3v) is 5.36. The van der Waals surface area contributed by atoms with Gasteiger partial charge in [-0.1, -0.05) is 45.0 Å². The van der Waals surface area contributed by atoms with E-state index in [2.05, 4.69) is 55.3 Å². The first-order valence-electron chi connectivity index (χ1n) is 9.09. The van der Waals surface area contributed by atoms with E-state index in [9.17, 15) is 4.79 Å². The Balaban J connectivity index is 1.60. The van der Waals surface area contributed by atoms with E-state index < -0.39 is 0 Å². The van der Waals surface area contributed by atoms with Gasteiger partial charge in [-0.15, -0.1) is 0 Å². The lowest BCUT2D eigenvalue weighted by Gasteiger charge is -2.35. The van der Waals surface area contributed by atoms with Crippen LogP contribution in [0.2, 0.25) is 0 Å². The number of carbonyl (C=O) groups excluding carboxylic acids is 1. The lowest BCUT2D eigenvalue weighted by Crippen LogP contribution is -2.38. The van der Waals surface area contributed by atoms with Crippen LogP contribution in [0.4, 0.5) is 0 Å². The number of rotatable bonds is 5. The maximum atomic E-state index is 12.1. The van der Waals surface area contributed by atoms with E-state index in [0.717, 1.165) is 24.8 Å². The van der Waals surface area contributed by atoms with Crippen LogP contribution in [0.25, 0.3) is 0 Å². The Morgan fingerprint density at radius 1 is 1.09 bits per heavy atom. The molecule has 3 heteroatoms. The summed E-state index contributed by atoms with van der Waals surface area (Å²) in [4.78, 5) is 14.6. The molecule has 4 atom stereocenters. The number of benzene rings is 1. The molecular weight excluding hydrogens is 284 g/mol. The third-order valence-electron chi connectivity index (χ3n) is 5.36. The van der Waals surface area contributed by atoms with Gasteiger partial charge in [0.25, 0.3) is 0 Å². The maximum Gasteiger partial charge on any atom is 0.223 e. The SMILES string of the molecule is C[C@@H]1C[C@H](C)CN(Cc2ccccc2CNC(=O)[C@H]2C[C@@H]2C)C1. The van der Waals surface area contributed by atoms with Crippen LogP contribution >= 0.6 is 0 Å². The van der Waals surface area contributed by atoms with Crippen molar-refractivity contribution in [2.75, 3.05) is 13.1 Å². The van der Waals surface area contributed by atoms with Crippen LogP contribution in [-0.4, -0.2) is 23.9 Å². The Morgan fingerprint density at radius 3 is 2.30 bits per heavy atom. The molecule has 0 bridgehead atoms. The zero-order valence-corrected chi connectivity index (χ0v) is 14.7. The molecule has 1 saturated heterocycles. The van der Waals surface area contributed by atoms with Crippen LogP contribution in [-0.2, 0) is 17.9 Å². The largest absolute Gasteiger partial charge is 0.352 e. The second-order valence-corrected chi connectivity index (χ2v) is 7.95. The summed E-state index contributed by atoms with van der Waals surface area (Å²) in [6.45, 7) is 10.9. The molecule has 3 nitrogen and oxygen atoms in total. The Morgan fingerprint density at radius 2 is 1.70 bits per heavy atom. The van der Waals surface area contributed by atoms with E-state index in [0.29, 0.717) is 12.5 Å². The smallest absolute Gasteiger partial charge is 0.223 e. The Bertz CT molecular complexity index is 546. The molecule has 2 fully saturated rings. The van der Waals surface area contributed by atoms with Gasteiger partial charge in [-0.3, -0.25) is 9.69 Å². The van der Waals surface area contributed by atoms with Gasteiger partial charge in [-0.2, -0.15) is 0 Å². The molecular formula is C20H30N2O. The minimum absolute atomic E-state index is 0.229. The van der Waals surface area contributed by atoms with Gasteiger partial charge in [-0.05, 0) is 41.7 Å². The highest BCUT2D eigenvalue weighted by atomic mass is 16.2. The molecule has 1 aromatic carbocycles. The standard InChI is InChI=1S/C20H30N2O/c1-14-8-15(2)12-22(11-14)13-18-7-5-4-6-17(18)10-21-20(23)19-9-16(19)3/h4-7,14-16,19H,8-13H2,1-3H3,(H,21,23)/t14-,15+,16-,19-/m0/s1. The average molecular weight is 314 g/mol. The summed E-state index contributed by atoms with van der Waals surface area (Å²) in [7, 11) is 0. The lowest BCUT2D eigenvalue weighted by molar-refractivity contribution is -0.122. The fourth-order valence-corrected chi connectivity index (χ4v) is 4.05. The van der Waals surface area contributed by atoms with Gasteiger partial charge in [0.1, 0.15) is 0 Å². The van der Waals surface area contributed by atoms with Crippen molar-refractivity contribution < 1.29 is 4.79 Å². The van der Waals surface area contributed by atoms with Crippen LogP contribution in [0.15, 0.2) is 24.3 Å². The summed E-state index contributed by atoms with van der Waals surface area (Å²) in [5.74, 6) is 2.61. The normalized spacial score (nSPS) is 30.9. The van der Waals surface area contributed by atoms with Gasteiger partial charge in [0, 0.05) is 32.1 Å². The maximum absolute atomic E-state index is 12.1. The highest BCUT2D eigenvalue weighted by molar-refractivity contribution is 5.81. The Hall–Kier alpha value is -1.35. The molecule has 1 amide bonds. The number of hydrogen-bond donors (Lipinski definition) is 1. The van der Waals surface area contributed by atoms with E-state index in [1.165, 1.54) is 30.6 Å². The van der Waals surface area contributed by atoms with Crippen LogP contribution in [0.3, 0.4) is 0 Å². The first kappa shape index (κ1) is 16.5. The summed E-state index contributed by atoms with van der Waals surface area (Å²) in [5.41, 5.74) is 2.62. The Kier molecular flexibility index (Phi) is 5.05. The number of amides is 1. The molecule has 2 aliphatic rings. The van der Waals surface area contributed by atoms with Crippen LogP contribution in [0.5, 0.6) is 0 Å². The summed E-state index contributed by atoms with van der Waals surface area (Å²) >= 11 is 0. The first-order chi connectivity index (χ1) is 11.0. The second kappa shape index (κ2) is 7.04. The zero-order chi connectivity index (χ0) is 16.4. The van der Waals surface area contributed by atoms with E-state index in [1.54, 1.807) is 0 Å². The van der Waals surface area contributed by atoms with Crippen molar-refractivity contribution in [3.05, 3.63) is 35.4 Å². The molecule has 0 radical (unpaired) electrons. The second-order valence-electron chi connectivity index (χ2n) is 7.95. The van der Waals surface area contributed by atoms with Gasteiger partial charge >= 0.3 is 0 Å². The third kappa shape index (κ3) is 4.35. The molecule has 0 unspecified atom stereocenters. The first-order valence-corrected chi connectivity index (χ1v) is 9.09. The predicted octanol–water partition coefficient (Wildman–Crippen LogP) is 3.44. The number of nitrogens with zero attached hydrogens (tertiary/aromatic N) is 1. The van der Waals surface area contributed by atoms with Gasteiger partial charge in [0.05, 0.1) is 0 Å². The quantitative estimate of drug-likeness (QED) is 0.903. The fraction of sp³-hybridized carbons (Fsp3) is 0.650. The average Bonchev–Trinajstić information content (AvgIpc) is 3.22. The highest BCUT2D eigenvalue weighted by Gasteiger charge is 2.38. The predicted molar refractivity (Wildman–Crippen MR) is 93.8 cm³/mol. The lowest BCUT2D eigenvalue weighted by atomic mass is 9.91. The number of hydrogen-bond acceptors (Lipinski definition) is 2. The van der Waals surface area contributed by atoms with Gasteiger partial charge < -0.3 is 5.32 Å². The molecule has 1 N–H and O–H groups in total. The van der Waals surface area contributed by atoms with Crippen molar-refractivity contribution in [1.29, 1.82) is 0 Å². The van der Waals surface area contributed by atoms with E-state index in [4.69, 9.17) is 0 Å². The number of nitrogens with one attached hydrogen (secondary N) is 1. The topological polar surface area (TPSA) is 32.3 Å². The molecule has 1 aliphatic heterocycles. The van der Waals surface area contributed by atoms with Crippen LogP contribution in [0, 0.1) is 23.7 Å². The summed E-state index contributed by atoms with van der Waals surface area (Å²) in [5, 5.41) is 3.13. The molecule has 1 saturated carbocycles. The van der Waals surface area contributed by atoms with E-state index in [1.807, 2.05) is 0 Å². The summed E-state index contributed by atoms with van der Waals surface area (Å²) in [6, 6.07) is 8.56. The monoisotopic (exact) mass is 314 g/mol. The molecule has 23 heavy (non-hydrogen) atoms. The molecule has 0 spiro atoms. The molecule has 3 rings (SSSR count). The van der Waals surface area contributed by atoms with E-state index in [-0.39, 0.29) is 11.8 Å². The molecule has 1 aromatic rings. The van der Waals surface area contributed by atoms with E-state index >= 15 is 0 Å². The van der Waals surface area contributed by atoms with Crippen molar-refractivity contribution >= 4 is 5.91 Å². The van der Waals surface area contributed by atoms with Crippen molar-refractivity contribution in [2.45, 2.75) is 46.7 Å². The van der Waals surface area contributed by atoms with Crippen molar-refractivity contribution in [1.82, 2.24) is 10.2 Å². The number of carbonyl (C=O) groups is 1. The fourth-order valence-electron chi connectivity index (χ4n) is 4.05. The van der Waals surface area contributed by atoms with Gasteiger partial charge in [0.2, 0.25) is 5.91 Å². The Labute approximate surface area is 140 Å². The molecule has 0 aromatic heterocycles. The number of likely N-dealkylation sites (tertiary alicyclic amines) is 1. The van der Waals surface area contributed by atoms with Crippen LogP contribution in [0.1, 0.15) is 44.7 Å². The van der Waals surface area contributed by atoms with Crippen LogP contribution < -0.4 is 5.32 Å². The highest BCUT2D eigenvalue weighted by Crippen LogP contribution is 2.37. The minimum atomic E-state index is 0.229. The van der Waals surface area contributed by atoms with Crippen molar-refractivity contribution in [3.8, 4) is 0 Å². The van der Waals surface area contributed by atoms with Crippen molar-refractivity contribution in [2.24, 2.45) is 23.7 Å². The van der Waals surface area contributed by atoms with Gasteiger partial charge in [0.15, 0.2) is 0 Å². The van der Waals surface area contributed by atoms with Gasteiger partial charge in [-0.25, -0.2) is 0 Å².